The zero-order chi connectivity index (χ0) is 24.2. The Morgan fingerprint density at radius 1 is 1.03 bits per heavy atom. The number of amides is 2. The third kappa shape index (κ3) is 5.32. The van der Waals surface area contributed by atoms with E-state index in [1.165, 1.54) is 0 Å². The quantitative estimate of drug-likeness (QED) is 0.435. The zero-order valence-corrected chi connectivity index (χ0v) is 18.4. The summed E-state index contributed by atoms with van der Waals surface area (Å²) in [6.07, 6.45) is -2.42. The molecule has 1 N–H and O–H groups in total. The van der Waals surface area contributed by atoms with E-state index in [0.717, 1.165) is 5.56 Å². The summed E-state index contributed by atoms with van der Waals surface area (Å²) in [6.45, 7) is 2.14. The molecule has 0 spiro atoms. The highest BCUT2D eigenvalue weighted by Gasteiger charge is 2.18. The van der Waals surface area contributed by atoms with Crippen molar-refractivity contribution in [3.05, 3.63) is 65.8 Å². The highest BCUT2D eigenvalue weighted by atomic mass is 19.3. The minimum Gasteiger partial charge on any atom is -0.415 e. The molecular weight excluding hydrogens is 462 g/mol. The lowest BCUT2D eigenvalue weighted by Gasteiger charge is -2.26. The number of benzene rings is 2. The third-order valence-corrected chi connectivity index (χ3v) is 5.32. The van der Waals surface area contributed by atoms with Crippen LogP contribution in [0.4, 0.5) is 19.3 Å². The Bertz CT molecular complexity index is 1300. The molecule has 1 aliphatic heterocycles. The minimum absolute atomic E-state index is 0.0225. The van der Waals surface area contributed by atoms with Gasteiger partial charge in [0.1, 0.15) is 0 Å². The Labute approximate surface area is 197 Å². The molecule has 180 valence electrons. The molecule has 2 aromatic carbocycles. The van der Waals surface area contributed by atoms with Gasteiger partial charge in [0.25, 0.3) is 11.8 Å². The monoisotopic (exact) mass is 482 g/mol. The normalized spacial score (nSPS) is 13.9. The van der Waals surface area contributed by atoms with Crippen LogP contribution in [0.5, 0.6) is 0 Å². The van der Waals surface area contributed by atoms with Crippen LogP contribution in [0.15, 0.2) is 57.5 Å². The second kappa shape index (κ2) is 9.97. The number of halogens is 2. The zero-order valence-electron chi connectivity index (χ0n) is 18.4. The van der Waals surface area contributed by atoms with Gasteiger partial charge in [-0.15, -0.1) is 10.2 Å². The Morgan fingerprint density at radius 3 is 2.57 bits per heavy atom. The minimum atomic E-state index is -2.82. The molecule has 2 amide bonds. The van der Waals surface area contributed by atoms with E-state index in [4.69, 9.17) is 13.7 Å². The molecule has 4 aromatic rings. The molecule has 0 atom stereocenters. The molecule has 12 heteroatoms. The fraction of sp³-hybridized carbons (Fsp3) is 0.261. The third-order valence-electron chi connectivity index (χ3n) is 5.32. The van der Waals surface area contributed by atoms with Crippen molar-refractivity contribution in [2.45, 2.75) is 12.8 Å². The number of hydrogen-bond acceptors (Lipinski definition) is 8. The molecule has 1 aliphatic rings. The van der Waals surface area contributed by atoms with Crippen molar-refractivity contribution in [2.75, 3.05) is 31.6 Å². The van der Waals surface area contributed by atoms with E-state index >= 15 is 0 Å². The van der Waals surface area contributed by atoms with Crippen LogP contribution in [0.3, 0.4) is 0 Å². The van der Waals surface area contributed by atoms with Gasteiger partial charge in [0, 0.05) is 36.3 Å². The van der Waals surface area contributed by atoms with Crippen molar-refractivity contribution >= 4 is 11.7 Å². The lowest BCUT2D eigenvalue weighted by atomic mass is 10.1. The average molecular weight is 482 g/mol. The summed E-state index contributed by atoms with van der Waals surface area (Å²) >= 11 is 0. The number of hydrogen-bond donors (Lipinski definition) is 1. The van der Waals surface area contributed by atoms with Gasteiger partial charge in [-0.25, -0.2) is 4.79 Å². The number of anilines is 1. The van der Waals surface area contributed by atoms with Gasteiger partial charge in [0.2, 0.25) is 5.89 Å². The van der Waals surface area contributed by atoms with Crippen LogP contribution in [-0.4, -0.2) is 57.6 Å². The Morgan fingerprint density at radius 2 is 1.83 bits per heavy atom. The van der Waals surface area contributed by atoms with Gasteiger partial charge in [0.15, 0.2) is 5.82 Å². The topological polar surface area (TPSA) is 119 Å². The predicted octanol–water partition coefficient (Wildman–Crippen LogP) is 4.18. The summed E-state index contributed by atoms with van der Waals surface area (Å²) in [7, 11) is 0. The molecule has 1 saturated heterocycles. The van der Waals surface area contributed by atoms with E-state index < -0.39 is 12.3 Å². The molecule has 3 heterocycles. The number of carbonyl (C=O) groups excluding carboxylic acids is 1. The van der Waals surface area contributed by atoms with Gasteiger partial charge >= 0.3 is 12.5 Å². The number of ether oxygens (including phenoxy) is 1. The summed E-state index contributed by atoms with van der Waals surface area (Å²) in [5, 5.41) is 13.9. The first kappa shape index (κ1) is 22.6. The number of aromatic nitrogens is 4. The standard InChI is InChI=1S/C23H20F2N6O4/c24-19(25)22-29-28-21(34-22)15-6-4-14(5-7-15)12-18-27-20(35-30-18)16-2-1-3-17(13-16)26-23(32)31-8-10-33-11-9-31/h1-7,13,19H,8-12H2,(H,26,32). The van der Waals surface area contributed by atoms with Gasteiger partial charge in [-0.1, -0.05) is 23.4 Å². The van der Waals surface area contributed by atoms with Crippen molar-refractivity contribution in [1.29, 1.82) is 0 Å². The van der Waals surface area contributed by atoms with Crippen LogP contribution < -0.4 is 5.32 Å². The lowest BCUT2D eigenvalue weighted by molar-refractivity contribution is 0.0564. The molecule has 0 bridgehead atoms. The van der Waals surface area contributed by atoms with Crippen LogP contribution in [0.25, 0.3) is 22.9 Å². The maximum absolute atomic E-state index is 12.6. The summed E-state index contributed by atoms with van der Waals surface area (Å²) in [4.78, 5) is 18.6. The molecule has 5 rings (SSSR count). The van der Waals surface area contributed by atoms with Crippen molar-refractivity contribution < 1.29 is 27.3 Å². The first-order chi connectivity index (χ1) is 17.0. The van der Waals surface area contributed by atoms with E-state index in [0.29, 0.717) is 61.3 Å². The average Bonchev–Trinajstić information content (AvgIpc) is 3.56. The number of morpholine rings is 1. The molecule has 0 unspecified atom stereocenters. The molecule has 0 aliphatic carbocycles. The molecule has 0 saturated carbocycles. The van der Waals surface area contributed by atoms with E-state index in [1.807, 2.05) is 6.07 Å². The highest BCUT2D eigenvalue weighted by Crippen LogP contribution is 2.25. The molecule has 1 fully saturated rings. The number of nitrogens with one attached hydrogen (secondary N) is 1. The van der Waals surface area contributed by atoms with Crippen molar-refractivity contribution in [2.24, 2.45) is 0 Å². The Balaban J connectivity index is 1.23. The van der Waals surface area contributed by atoms with Crippen LogP contribution in [0.1, 0.15) is 23.7 Å². The number of urea groups is 1. The second-order valence-corrected chi connectivity index (χ2v) is 7.75. The molecule has 10 nitrogen and oxygen atoms in total. The van der Waals surface area contributed by atoms with E-state index in [1.54, 1.807) is 47.4 Å². The van der Waals surface area contributed by atoms with Crippen LogP contribution in [0, 0.1) is 0 Å². The molecular formula is C23H20F2N6O4. The number of carbonyl (C=O) groups is 1. The fourth-order valence-corrected chi connectivity index (χ4v) is 3.53. The Hall–Kier alpha value is -4.19. The maximum atomic E-state index is 12.6. The van der Waals surface area contributed by atoms with Crippen molar-refractivity contribution in [3.8, 4) is 22.9 Å². The SMILES string of the molecule is O=C(Nc1cccc(-c2nc(Cc3ccc(-c4nnc(C(F)F)o4)cc3)no2)c1)N1CCOCC1. The van der Waals surface area contributed by atoms with Gasteiger partial charge in [-0.3, -0.25) is 0 Å². The number of nitrogens with zero attached hydrogens (tertiary/aromatic N) is 5. The van der Waals surface area contributed by atoms with Crippen LogP contribution in [-0.2, 0) is 11.2 Å². The van der Waals surface area contributed by atoms with Crippen molar-refractivity contribution in [1.82, 2.24) is 25.2 Å². The predicted molar refractivity (Wildman–Crippen MR) is 119 cm³/mol. The largest absolute Gasteiger partial charge is 0.415 e. The van der Waals surface area contributed by atoms with Crippen molar-refractivity contribution in [3.63, 3.8) is 0 Å². The molecule has 0 radical (unpaired) electrons. The van der Waals surface area contributed by atoms with E-state index in [9.17, 15) is 13.6 Å². The summed E-state index contributed by atoms with van der Waals surface area (Å²) in [5.41, 5.74) is 2.69. The first-order valence-corrected chi connectivity index (χ1v) is 10.8. The number of rotatable bonds is 6. The van der Waals surface area contributed by atoms with Gasteiger partial charge in [-0.2, -0.15) is 13.8 Å². The van der Waals surface area contributed by atoms with E-state index in [2.05, 4.69) is 25.7 Å². The van der Waals surface area contributed by atoms with Gasteiger partial charge in [0.05, 0.1) is 13.2 Å². The lowest BCUT2D eigenvalue weighted by Crippen LogP contribution is -2.43. The van der Waals surface area contributed by atoms with E-state index in [-0.39, 0.29) is 11.9 Å². The first-order valence-electron chi connectivity index (χ1n) is 10.8. The smallest absolute Gasteiger partial charge is 0.321 e. The Kier molecular flexibility index (Phi) is 6.44. The summed E-state index contributed by atoms with van der Waals surface area (Å²) < 4.78 is 40.9. The second-order valence-electron chi connectivity index (χ2n) is 7.75. The highest BCUT2D eigenvalue weighted by molar-refractivity contribution is 5.90. The molecule has 2 aromatic heterocycles. The van der Waals surface area contributed by atoms with Gasteiger partial charge in [-0.05, 0) is 35.9 Å². The van der Waals surface area contributed by atoms with Crippen LogP contribution in [0.2, 0.25) is 0 Å². The van der Waals surface area contributed by atoms with Crippen LogP contribution >= 0.6 is 0 Å². The molecule has 35 heavy (non-hydrogen) atoms. The summed E-state index contributed by atoms with van der Waals surface area (Å²) in [5.74, 6) is 0.0974. The fourth-order valence-electron chi connectivity index (χ4n) is 3.53. The maximum Gasteiger partial charge on any atom is 0.321 e. The van der Waals surface area contributed by atoms with Gasteiger partial charge < -0.3 is 23.9 Å². The summed E-state index contributed by atoms with van der Waals surface area (Å²) in [6, 6.07) is 13.9. The number of alkyl halides is 2.